The Bertz CT molecular complexity index is 2770. The zero-order chi connectivity index (χ0) is 48.7. The highest BCUT2D eigenvalue weighted by molar-refractivity contribution is 6.07. The first kappa shape index (κ1) is 48.9. The Kier molecular flexibility index (Phi) is 16.6. The van der Waals surface area contributed by atoms with Gasteiger partial charge in [0.25, 0.3) is 5.91 Å². The standard InChI is InChI=1S/C52H49NO15/c1-8-24-63-46-29-42(59-4)39(27-44(46)61-6)48(54)53-35-16-10-32(11-17-35)51(57)68-41-23-22-38(26-31(41)3)67-50(56)34-12-18-36(19-13-34)65-49(55)33-14-20-37(21-15-33)66-52(58)40-28-45(62-7)47(64-25-9-2)30-43(40)60-5/h10-23,26-30H,8-9,24-25H2,1-7H3,(H,53,54). The number of hydrogen-bond acceptors (Lipinski definition) is 15. The van der Waals surface area contributed by atoms with Gasteiger partial charge in [-0.05, 0) is 116 Å². The summed E-state index contributed by atoms with van der Waals surface area (Å²) in [5.41, 5.74) is 1.84. The van der Waals surface area contributed by atoms with Crippen LogP contribution in [0.5, 0.6) is 57.5 Å². The minimum absolute atomic E-state index is 0.114. The molecule has 352 valence electrons. The molecule has 16 heteroatoms. The fourth-order valence-corrected chi connectivity index (χ4v) is 6.38. The van der Waals surface area contributed by atoms with Crippen LogP contribution in [0, 0.1) is 6.92 Å². The van der Waals surface area contributed by atoms with Crippen molar-refractivity contribution < 1.29 is 71.3 Å². The third-order valence-corrected chi connectivity index (χ3v) is 9.90. The monoisotopic (exact) mass is 927 g/mol. The number of rotatable bonds is 20. The summed E-state index contributed by atoms with van der Waals surface area (Å²) in [5.74, 6) is -0.303. The molecule has 0 radical (unpaired) electrons. The van der Waals surface area contributed by atoms with Crippen molar-refractivity contribution in [1.82, 2.24) is 0 Å². The van der Waals surface area contributed by atoms with Crippen molar-refractivity contribution in [3.05, 3.63) is 149 Å². The van der Waals surface area contributed by atoms with Crippen LogP contribution in [0.3, 0.4) is 0 Å². The normalized spacial score (nSPS) is 10.5. The van der Waals surface area contributed by atoms with Crippen molar-refractivity contribution in [2.75, 3.05) is 47.0 Å². The summed E-state index contributed by atoms with van der Waals surface area (Å²) in [4.78, 5) is 65.3. The summed E-state index contributed by atoms with van der Waals surface area (Å²) in [6, 6.07) is 28.4. The van der Waals surface area contributed by atoms with E-state index in [1.165, 1.54) is 113 Å². The van der Waals surface area contributed by atoms with E-state index in [4.69, 9.17) is 47.4 Å². The topological polar surface area (TPSA) is 190 Å². The average molecular weight is 928 g/mol. The lowest BCUT2D eigenvalue weighted by atomic mass is 10.1. The highest BCUT2D eigenvalue weighted by Crippen LogP contribution is 2.37. The van der Waals surface area contributed by atoms with Gasteiger partial charge in [-0.25, -0.2) is 19.2 Å². The highest BCUT2D eigenvalue weighted by Gasteiger charge is 2.22. The van der Waals surface area contributed by atoms with Crippen LogP contribution in [0.4, 0.5) is 5.69 Å². The van der Waals surface area contributed by atoms with E-state index >= 15 is 0 Å². The summed E-state index contributed by atoms with van der Waals surface area (Å²) >= 11 is 0. The van der Waals surface area contributed by atoms with Crippen LogP contribution in [-0.2, 0) is 0 Å². The van der Waals surface area contributed by atoms with Gasteiger partial charge in [0, 0.05) is 30.0 Å². The molecule has 6 aromatic carbocycles. The number of hydrogen-bond donors (Lipinski definition) is 1. The number of esters is 4. The summed E-state index contributed by atoms with van der Waals surface area (Å²) < 4.78 is 55.2. The number of nitrogens with one attached hydrogen (secondary N) is 1. The maximum Gasteiger partial charge on any atom is 0.347 e. The number of benzene rings is 6. The lowest BCUT2D eigenvalue weighted by Gasteiger charge is -2.15. The van der Waals surface area contributed by atoms with Gasteiger partial charge in [-0.3, -0.25) is 4.79 Å². The van der Waals surface area contributed by atoms with Gasteiger partial charge >= 0.3 is 23.9 Å². The van der Waals surface area contributed by atoms with Crippen molar-refractivity contribution in [1.29, 1.82) is 0 Å². The lowest BCUT2D eigenvalue weighted by molar-refractivity contribution is 0.0717. The van der Waals surface area contributed by atoms with E-state index in [-0.39, 0.29) is 56.6 Å². The van der Waals surface area contributed by atoms with Crippen molar-refractivity contribution in [3.63, 3.8) is 0 Å². The molecule has 0 aliphatic carbocycles. The molecular weight excluding hydrogens is 879 g/mol. The molecule has 0 aliphatic rings. The molecule has 16 nitrogen and oxygen atoms in total. The van der Waals surface area contributed by atoms with Gasteiger partial charge in [-0.15, -0.1) is 0 Å². The first-order valence-corrected chi connectivity index (χ1v) is 21.3. The predicted octanol–water partition coefficient (Wildman–Crippen LogP) is 9.74. The van der Waals surface area contributed by atoms with E-state index in [0.717, 1.165) is 12.8 Å². The van der Waals surface area contributed by atoms with Crippen LogP contribution in [0.15, 0.2) is 115 Å². The van der Waals surface area contributed by atoms with E-state index in [1.807, 2.05) is 13.8 Å². The Balaban J connectivity index is 0.992. The number of carbonyl (C=O) groups is 5. The fraction of sp³-hybridized carbons (Fsp3) is 0.212. The highest BCUT2D eigenvalue weighted by atomic mass is 16.6. The van der Waals surface area contributed by atoms with Crippen molar-refractivity contribution in [3.8, 4) is 57.5 Å². The lowest BCUT2D eigenvalue weighted by Crippen LogP contribution is -2.14. The number of carbonyl (C=O) groups excluding carboxylic acids is 5. The fourth-order valence-electron chi connectivity index (χ4n) is 6.38. The van der Waals surface area contributed by atoms with Crippen molar-refractivity contribution >= 4 is 35.5 Å². The Morgan fingerprint density at radius 1 is 0.412 bits per heavy atom. The summed E-state index contributed by atoms with van der Waals surface area (Å²) in [7, 11) is 5.81. The Labute approximate surface area is 392 Å². The smallest absolute Gasteiger partial charge is 0.347 e. The van der Waals surface area contributed by atoms with E-state index in [9.17, 15) is 24.0 Å². The Hall–Kier alpha value is -8.53. The molecule has 1 amide bonds. The maximum absolute atomic E-state index is 13.2. The molecule has 0 aromatic heterocycles. The molecule has 0 aliphatic heterocycles. The van der Waals surface area contributed by atoms with Crippen LogP contribution in [0.25, 0.3) is 0 Å². The van der Waals surface area contributed by atoms with Crippen LogP contribution in [0.1, 0.15) is 84.0 Å². The molecule has 1 N–H and O–H groups in total. The Morgan fingerprint density at radius 3 is 1.29 bits per heavy atom. The Morgan fingerprint density at radius 2 is 0.824 bits per heavy atom. The van der Waals surface area contributed by atoms with E-state index in [2.05, 4.69) is 5.32 Å². The minimum Gasteiger partial charge on any atom is -0.496 e. The van der Waals surface area contributed by atoms with Crippen LogP contribution >= 0.6 is 0 Å². The zero-order valence-corrected chi connectivity index (χ0v) is 38.4. The molecule has 68 heavy (non-hydrogen) atoms. The van der Waals surface area contributed by atoms with E-state index in [0.29, 0.717) is 53.2 Å². The number of ether oxygens (including phenoxy) is 10. The zero-order valence-electron chi connectivity index (χ0n) is 38.4. The van der Waals surface area contributed by atoms with Gasteiger partial charge in [0.1, 0.15) is 40.1 Å². The molecular formula is C52H49NO15. The van der Waals surface area contributed by atoms with Gasteiger partial charge in [0.2, 0.25) is 0 Å². The molecule has 0 bridgehead atoms. The second-order valence-electron chi connectivity index (χ2n) is 14.7. The maximum atomic E-state index is 13.2. The molecule has 0 heterocycles. The first-order valence-electron chi connectivity index (χ1n) is 21.3. The van der Waals surface area contributed by atoms with Gasteiger partial charge in [-0.1, -0.05) is 13.8 Å². The van der Waals surface area contributed by atoms with Crippen LogP contribution < -0.4 is 52.7 Å². The molecule has 0 saturated heterocycles. The SMILES string of the molecule is CCCOc1cc(OC)c(C(=O)Nc2ccc(C(=O)Oc3ccc(OC(=O)c4ccc(OC(=O)c5ccc(OC(=O)c6cc(OC)c(OCCC)cc6OC)cc5)cc4)cc3C)cc2)cc1OC. The van der Waals surface area contributed by atoms with Gasteiger partial charge in [0.15, 0.2) is 23.0 Å². The van der Waals surface area contributed by atoms with Crippen LogP contribution in [0.2, 0.25) is 0 Å². The van der Waals surface area contributed by atoms with Crippen molar-refractivity contribution in [2.45, 2.75) is 33.6 Å². The second-order valence-corrected chi connectivity index (χ2v) is 14.7. The molecule has 0 spiro atoms. The molecule has 0 atom stereocenters. The number of amides is 1. The molecule has 0 fully saturated rings. The molecule has 0 saturated carbocycles. The third kappa shape index (κ3) is 12.2. The van der Waals surface area contributed by atoms with Crippen LogP contribution in [-0.4, -0.2) is 71.4 Å². The molecule has 0 unspecified atom stereocenters. The summed E-state index contributed by atoms with van der Waals surface area (Å²) in [6.45, 7) is 6.55. The van der Waals surface area contributed by atoms with Gasteiger partial charge < -0.3 is 52.7 Å². The van der Waals surface area contributed by atoms with E-state index < -0.39 is 29.8 Å². The van der Waals surface area contributed by atoms with Gasteiger partial charge in [-0.2, -0.15) is 0 Å². The summed E-state index contributed by atoms with van der Waals surface area (Å²) in [6.07, 6.45) is 1.57. The van der Waals surface area contributed by atoms with E-state index in [1.54, 1.807) is 37.3 Å². The number of aryl methyl sites for hydroxylation is 1. The number of methoxy groups -OCH3 is 4. The quantitative estimate of drug-likeness (QED) is 0.0562. The van der Waals surface area contributed by atoms with Crippen molar-refractivity contribution in [2.24, 2.45) is 0 Å². The largest absolute Gasteiger partial charge is 0.496 e. The first-order chi connectivity index (χ1) is 32.9. The average Bonchev–Trinajstić information content (AvgIpc) is 3.35. The second kappa shape index (κ2) is 23.1. The number of anilines is 1. The summed E-state index contributed by atoms with van der Waals surface area (Å²) in [5, 5.41) is 2.79. The van der Waals surface area contributed by atoms with Gasteiger partial charge in [0.05, 0.1) is 63.9 Å². The third-order valence-electron chi connectivity index (χ3n) is 9.90. The minimum atomic E-state index is -0.712. The predicted molar refractivity (Wildman–Crippen MR) is 249 cm³/mol. The molecule has 6 rings (SSSR count). The molecule has 6 aromatic rings.